The van der Waals surface area contributed by atoms with E-state index in [4.69, 9.17) is 11.6 Å². The highest BCUT2D eigenvalue weighted by Crippen LogP contribution is 2.32. The van der Waals surface area contributed by atoms with Crippen LogP contribution in [0.25, 0.3) is 0 Å². The van der Waals surface area contributed by atoms with Crippen molar-refractivity contribution in [2.75, 3.05) is 18.0 Å². The third kappa shape index (κ3) is 2.43. The number of anilines is 1. The molecule has 0 bridgehead atoms. The largest absolute Gasteiger partial charge is 0.371 e. The van der Waals surface area contributed by atoms with Gasteiger partial charge in [0.25, 0.3) is 0 Å². The molecule has 2 heterocycles. The molecule has 0 aliphatic carbocycles. The molecular weight excluding hydrogens is 208 g/mol. The van der Waals surface area contributed by atoms with Crippen molar-refractivity contribution in [3.63, 3.8) is 0 Å². The van der Waals surface area contributed by atoms with E-state index in [0.717, 1.165) is 18.8 Å². The third-order valence-electron chi connectivity index (χ3n) is 2.98. The summed E-state index contributed by atoms with van der Waals surface area (Å²) < 4.78 is 0. The fraction of sp³-hybridized carbons (Fsp3) is 0.583. The van der Waals surface area contributed by atoms with E-state index >= 15 is 0 Å². The van der Waals surface area contributed by atoms with Gasteiger partial charge in [-0.2, -0.15) is 0 Å². The first kappa shape index (κ1) is 10.7. The molecule has 0 amide bonds. The SMILES string of the molecule is CC1(C)CCN(c2ccnc(CCl)c2)C1. The average molecular weight is 225 g/mol. The number of aromatic nitrogens is 1. The molecule has 2 nitrogen and oxygen atoms in total. The Balaban J connectivity index is 2.16. The van der Waals surface area contributed by atoms with Crippen LogP contribution in [0.2, 0.25) is 0 Å². The number of hydrogen-bond acceptors (Lipinski definition) is 2. The van der Waals surface area contributed by atoms with Crippen molar-refractivity contribution in [2.45, 2.75) is 26.1 Å². The van der Waals surface area contributed by atoms with E-state index in [9.17, 15) is 0 Å². The maximum atomic E-state index is 5.78. The summed E-state index contributed by atoms with van der Waals surface area (Å²) >= 11 is 5.78. The van der Waals surface area contributed by atoms with Crippen LogP contribution in [0, 0.1) is 5.41 Å². The van der Waals surface area contributed by atoms with Gasteiger partial charge in [0.1, 0.15) is 0 Å². The molecule has 1 aromatic heterocycles. The Hall–Kier alpha value is -0.760. The molecule has 0 aromatic carbocycles. The smallest absolute Gasteiger partial charge is 0.0648 e. The molecule has 0 atom stereocenters. The quantitative estimate of drug-likeness (QED) is 0.718. The van der Waals surface area contributed by atoms with Crippen LogP contribution in [0.3, 0.4) is 0 Å². The number of halogens is 1. The monoisotopic (exact) mass is 224 g/mol. The fourth-order valence-corrected chi connectivity index (χ4v) is 2.21. The van der Waals surface area contributed by atoms with Crippen molar-refractivity contribution in [2.24, 2.45) is 5.41 Å². The van der Waals surface area contributed by atoms with Gasteiger partial charge in [0, 0.05) is 25.0 Å². The second kappa shape index (κ2) is 4.01. The molecule has 1 saturated heterocycles. The number of pyridine rings is 1. The molecule has 2 rings (SSSR count). The number of nitrogens with zero attached hydrogens (tertiary/aromatic N) is 2. The second-order valence-electron chi connectivity index (χ2n) is 4.97. The lowest BCUT2D eigenvalue weighted by Gasteiger charge is -2.21. The summed E-state index contributed by atoms with van der Waals surface area (Å²) in [4.78, 5) is 6.62. The number of hydrogen-bond donors (Lipinski definition) is 0. The first-order valence-electron chi connectivity index (χ1n) is 5.37. The minimum atomic E-state index is 0.435. The summed E-state index contributed by atoms with van der Waals surface area (Å²) in [5, 5.41) is 0. The Bertz CT molecular complexity index is 349. The number of alkyl halides is 1. The highest BCUT2D eigenvalue weighted by Gasteiger charge is 2.29. The van der Waals surface area contributed by atoms with Crippen LogP contribution in [-0.4, -0.2) is 18.1 Å². The molecule has 1 fully saturated rings. The van der Waals surface area contributed by atoms with Gasteiger partial charge in [-0.05, 0) is 24.0 Å². The number of rotatable bonds is 2. The molecule has 1 aliphatic heterocycles. The first-order chi connectivity index (χ1) is 7.11. The second-order valence-corrected chi connectivity index (χ2v) is 5.24. The lowest BCUT2D eigenvalue weighted by atomic mass is 9.93. The van der Waals surface area contributed by atoms with E-state index in [1.54, 1.807) is 0 Å². The van der Waals surface area contributed by atoms with Crippen molar-refractivity contribution in [3.05, 3.63) is 24.0 Å². The summed E-state index contributed by atoms with van der Waals surface area (Å²) in [7, 11) is 0. The van der Waals surface area contributed by atoms with Gasteiger partial charge >= 0.3 is 0 Å². The van der Waals surface area contributed by atoms with Gasteiger partial charge < -0.3 is 4.90 Å². The first-order valence-corrected chi connectivity index (χ1v) is 5.90. The molecule has 0 N–H and O–H groups in total. The van der Waals surface area contributed by atoms with Crippen molar-refractivity contribution in [3.8, 4) is 0 Å². The molecule has 1 aliphatic rings. The Morgan fingerprint density at radius 2 is 2.33 bits per heavy atom. The Kier molecular flexibility index (Phi) is 2.87. The molecule has 1 aromatic rings. The van der Waals surface area contributed by atoms with Crippen LogP contribution in [0.4, 0.5) is 5.69 Å². The molecule has 0 unspecified atom stereocenters. The van der Waals surface area contributed by atoms with Crippen LogP contribution in [0.1, 0.15) is 26.0 Å². The Morgan fingerprint density at radius 3 is 2.93 bits per heavy atom. The zero-order chi connectivity index (χ0) is 10.9. The molecule has 0 spiro atoms. The van der Waals surface area contributed by atoms with Crippen LogP contribution >= 0.6 is 11.6 Å². The highest BCUT2D eigenvalue weighted by molar-refractivity contribution is 6.16. The van der Waals surface area contributed by atoms with Crippen molar-refractivity contribution in [1.29, 1.82) is 0 Å². The normalized spacial score (nSPS) is 19.5. The molecule has 82 valence electrons. The predicted molar refractivity (Wildman–Crippen MR) is 64.4 cm³/mol. The maximum Gasteiger partial charge on any atom is 0.0648 e. The summed E-state index contributed by atoms with van der Waals surface area (Å²) in [5.41, 5.74) is 2.65. The van der Waals surface area contributed by atoms with Gasteiger partial charge in [-0.1, -0.05) is 13.8 Å². The van der Waals surface area contributed by atoms with Crippen LogP contribution < -0.4 is 4.90 Å². The maximum absolute atomic E-state index is 5.78. The van der Waals surface area contributed by atoms with E-state index in [1.807, 2.05) is 6.20 Å². The zero-order valence-electron chi connectivity index (χ0n) is 9.33. The predicted octanol–water partition coefficient (Wildman–Crippen LogP) is 3.06. The van der Waals surface area contributed by atoms with Gasteiger partial charge in [-0.25, -0.2) is 0 Å². The minimum absolute atomic E-state index is 0.435. The van der Waals surface area contributed by atoms with E-state index in [-0.39, 0.29) is 0 Å². The van der Waals surface area contributed by atoms with Gasteiger partial charge in [-0.3, -0.25) is 4.98 Å². The van der Waals surface area contributed by atoms with Gasteiger partial charge in [0.2, 0.25) is 0 Å². The topological polar surface area (TPSA) is 16.1 Å². The van der Waals surface area contributed by atoms with E-state index in [2.05, 4.69) is 35.9 Å². The standard InChI is InChI=1S/C12H17ClN2/c1-12(2)4-6-15(9-12)11-3-5-14-10(7-11)8-13/h3,5,7H,4,6,8-9H2,1-2H3. The van der Waals surface area contributed by atoms with Crippen molar-refractivity contribution < 1.29 is 0 Å². The highest BCUT2D eigenvalue weighted by atomic mass is 35.5. The lowest BCUT2D eigenvalue weighted by Crippen LogP contribution is -2.22. The molecule has 0 saturated carbocycles. The van der Waals surface area contributed by atoms with E-state index in [1.165, 1.54) is 12.1 Å². The van der Waals surface area contributed by atoms with Crippen LogP contribution in [-0.2, 0) is 5.88 Å². The van der Waals surface area contributed by atoms with Gasteiger partial charge in [0.15, 0.2) is 0 Å². The Labute approximate surface area is 96.3 Å². The van der Waals surface area contributed by atoms with E-state index in [0.29, 0.717) is 11.3 Å². The summed E-state index contributed by atoms with van der Waals surface area (Å²) in [6.45, 7) is 6.89. The molecule has 0 radical (unpaired) electrons. The van der Waals surface area contributed by atoms with Gasteiger partial charge in [0.05, 0.1) is 11.6 Å². The summed E-state index contributed by atoms with van der Waals surface area (Å²) in [6, 6.07) is 4.16. The fourth-order valence-electron chi connectivity index (χ4n) is 2.07. The van der Waals surface area contributed by atoms with Crippen molar-refractivity contribution >= 4 is 17.3 Å². The summed E-state index contributed by atoms with van der Waals surface area (Å²) in [6.07, 6.45) is 3.10. The van der Waals surface area contributed by atoms with Crippen LogP contribution in [0.5, 0.6) is 0 Å². The lowest BCUT2D eigenvalue weighted by molar-refractivity contribution is 0.418. The third-order valence-corrected chi connectivity index (χ3v) is 3.25. The van der Waals surface area contributed by atoms with E-state index < -0.39 is 0 Å². The van der Waals surface area contributed by atoms with Gasteiger partial charge in [-0.15, -0.1) is 11.6 Å². The minimum Gasteiger partial charge on any atom is -0.371 e. The Morgan fingerprint density at radius 1 is 1.53 bits per heavy atom. The van der Waals surface area contributed by atoms with Crippen molar-refractivity contribution in [1.82, 2.24) is 4.98 Å². The zero-order valence-corrected chi connectivity index (χ0v) is 10.1. The summed E-state index contributed by atoms with van der Waals surface area (Å²) in [5.74, 6) is 0.491. The molecular formula is C12H17ClN2. The molecule has 3 heteroatoms. The average Bonchev–Trinajstić information content (AvgIpc) is 2.59. The van der Waals surface area contributed by atoms with Crippen LogP contribution in [0.15, 0.2) is 18.3 Å². The molecule has 15 heavy (non-hydrogen) atoms.